The maximum atomic E-state index is 8.47. The van der Waals surface area contributed by atoms with Crippen molar-refractivity contribution >= 4 is 35.7 Å². The molecule has 1 aliphatic heterocycles. The molecule has 2 rings (SSSR count). The van der Waals surface area contributed by atoms with Gasteiger partial charge in [-0.3, -0.25) is 4.90 Å². The number of halogens is 1. The van der Waals surface area contributed by atoms with Crippen LogP contribution in [0.1, 0.15) is 13.8 Å². The summed E-state index contributed by atoms with van der Waals surface area (Å²) >= 11 is 0. The van der Waals surface area contributed by atoms with Crippen LogP contribution in [0, 0.1) is 0 Å². The van der Waals surface area contributed by atoms with Gasteiger partial charge in [-0.05, 0) is 31.5 Å². The minimum atomic E-state index is -0.662. The molecular formula is C11H15ClN8. The van der Waals surface area contributed by atoms with Crippen molar-refractivity contribution in [1.82, 2.24) is 0 Å². The maximum absolute atomic E-state index is 8.47. The van der Waals surface area contributed by atoms with Crippen molar-refractivity contribution in [2.45, 2.75) is 19.5 Å². The van der Waals surface area contributed by atoms with Crippen LogP contribution < -0.4 is 16.4 Å². The summed E-state index contributed by atoms with van der Waals surface area (Å²) in [5.74, 6) is 0.389. The van der Waals surface area contributed by atoms with Gasteiger partial charge < -0.3 is 11.5 Å². The van der Waals surface area contributed by atoms with Gasteiger partial charge in [0.1, 0.15) is 5.66 Å². The summed E-state index contributed by atoms with van der Waals surface area (Å²) in [6.07, 6.45) is 0. The molecule has 106 valence electrons. The zero-order valence-corrected chi connectivity index (χ0v) is 11.9. The third-order valence-corrected chi connectivity index (χ3v) is 2.64. The number of benzene rings is 1. The Hall–Kier alpha value is -2.44. The monoisotopic (exact) mass is 294 g/mol. The lowest BCUT2D eigenvalue weighted by Crippen LogP contribution is -2.54. The molecule has 1 aromatic carbocycles. The van der Waals surface area contributed by atoms with Crippen LogP contribution in [0.5, 0.6) is 0 Å². The van der Waals surface area contributed by atoms with Gasteiger partial charge in [-0.2, -0.15) is 4.99 Å². The van der Waals surface area contributed by atoms with Crippen LogP contribution in [-0.4, -0.2) is 17.6 Å². The molecule has 0 aromatic heterocycles. The van der Waals surface area contributed by atoms with E-state index >= 15 is 0 Å². The summed E-state index contributed by atoms with van der Waals surface area (Å²) in [6, 6.07) is 7.01. The zero-order chi connectivity index (χ0) is 14.0. The number of hydrogen-bond donors (Lipinski definition) is 2. The largest absolute Gasteiger partial charge is 0.369 e. The first-order valence-corrected chi connectivity index (χ1v) is 5.59. The number of hydrogen-bond acceptors (Lipinski definition) is 6. The highest BCUT2D eigenvalue weighted by atomic mass is 35.5. The number of anilines is 1. The molecule has 0 aliphatic carbocycles. The molecule has 0 unspecified atom stereocenters. The second-order valence-electron chi connectivity index (χ2n) is 4.48. The van der Waals surface area contributed by atoms with E-state index in [2.05, 4.69) is 20.0 Å². The number of rotatable bonds is 2. The molecule has 0 amide bonds. The number of nitrogens with zero attached hydrogens (tertiary/aromatic N) is 6. The van der Waals surface area contributed by atoms with Crippen molar-refractivity contribution in [3.05, 3.63) is 34.7 Å². The second-order valence-corrected chi connectivity index (χ2v) is 4.48. The fourth-order valence-electron chi connectivity index (χ4n) is 2.00. The summed E-state index contributed by atoms with van der Waals surface area (Å²) in [6.45, 7) is 3.73. The lowest BCUT2D eigenvalue weighted by Gasteiger charge is -2.38. The smallest absolute Gasteiger partial charge is 0.220 e. The average molecular weight is 295 g/mol. The summed E-state index contributed by atoms with van der Waals surface area (Å²) in [7, 11) is 0. The zero-order valence-electron chi connectivity index (χ0n) is 11.1. The van der Waals surface area contributed by atoms with Crippen LogP contribution in [0.2, 0.25) is 0 Å². The molecule has 0 saturated heterocycles. The van der Waals surface area contributed by atoms with Crippen LogP contribution in [0.15, 0.2) is 39.4 Å². The minimum Gasteiger partial charge on any atom is -0.369 e. The Bertz CT molecular complexity index is 615. The fraction of sp³-hybridized carbons (Fsp3) is 0.273. The van der Waals surface area contributed by atoms with E-state index < -0.39 is 5.66 Å². The van der Waals surface area contributed by atoms with Crippen LogP contribution in [0.4, 0.5) is 11.4 Å². The molecule has 8 nitrogen and oxygen atoms in total. The lowest BCUT2D eigenvalue weighted by atomic mass is 10.1. The molecule has 1 aromatic rings. The van der Waals surface area contributed by atoms with E-state index in [4.69, 9.17) is 17.0 Å². The Morgan fingerprint density at radius 2 is 2.05 bits per heavy atom. The predicted octanol–water partition coefficient (Wildman–Crippen LogP) is 2.24. The lowest BCUT2D eigenvalue weighted by molar-refractivity contribution is 0.534. The minimum absolute atomic E-state index is 0. The van der Waals surface area contributed by atoms with E-state index in [9.17, 15) is 0 Å². The molecule has 1 heterocycles. The van der Waals surface area contributed by atoms with Gasteiger partial charge >= 0.3 is 0 Å². The molecule has 0 spiro atoms. The molecule has 0 radical (unpaired) electrons. The van der Waals surface area contributed by atoms with Gasteiger partial charge in [0.2, 0.25) is 11.9 Å². The van der Waals surface area contributed by atoms with Gasteiger partial charge in [0.15, 0.2) is 0 Å². The van der Waals surface area contributed by atoms with Crippen molar-refractivity contribution in [3.8, 4) is 0 Å². The van der Waals surface area contributed by atoms with E-state index in [0.29, 0.717) is 5.69 Å². The molecule has 0 saturated carbocycles. The summed E-state index contributed by atoms with van der Waals surface area (Å²) < 4.78 is 0. The first-order chi connectivity index (χ1) is 8.94. The van der Waals surface area contributed by atoms with Crippen molar-refractivity contribution in [3.63, 3.8) is 0 Å². The Morgan fingerprint density at radius 3 is 2.65 bits per heavy atom. The topological polar surface area (TPSA) is 129 Å². The highest BCUT2D eigenvalue weighted by Gasteiger charge is 2.32. The maximum Gasteiger partial charge on any atom is 0.220 e. The van der Waals surface area contributed by atoms with Gasteiger partial charge in [-0.1, -0.05) is 17.2 Å². The quantitative estimate of drug-likeness (QED) is 0.493. The first kappa shape index (κ1) is 15.6. The molecule has 0 fully saturated rings. The van der Waals surface area contributed by atoms with E-state index in [-0.39, 0.29) is 24.3 Å². The van der Waals surface area contributed by atoms with Gasteiger partial charge in [0.25, 0.3) is 0 Å². The summed E-state index contributed by atoms with van der Waals surface area (Å²) in [4.78, 5) is 12.7. The number of azide groups is 1. The van der Waals surface area contributed by atoms with Crippen LogP contribution in [-0.2, 0) is 0 Å². The Balaban J connectivity index is 0.00000200. The molecule has 9 heteroatoms. The SMILES string of the molecule is CC1(C)N=C(N)N=C(N)N1c1cccc(N=[N+]=[N-])c1.Cl. The van der Waals surface area contributed by atoms with Crippen LogP contribution in [0.25, 0.3) is 10.4 Å². The van der Waals surface area contributed by atoms with Gasteiger partial charge in [-0.25, -0.2) is 4.99 Å². The van der Waals surface area contributed by atoms with E-state index in [0.717, 1.165) is 5.69 Å². The standard InChI is InChI=1S/C11H14N8.ClH/c1-11(2)16-9(12)15-10(13)19(11)8-5-3-4-7(6-8)17-18-14;/h3-6H,1-2H3,(H4,12,13,15,16);1H. The van der Waals surface area contributed by atoms with Crippen LogP contribution >= 0.6 is 12.4 Å². The average Bonchev–Trinajstić information content (AvgIpc) is 2.27. The van der Waals surface area contributed by atoms with Crippen molar-refractivity contribution < 1.29 is 0 Å². The molecular weight excluding hydrogens is 280 g/mol. The first-order valence-electron chi connectivity index (χ1n) is 5.59. The summed E-state index contributed by atoms with van der Waals surface area (Å²) in [5.41, 5.74) is 20.5. The van der Waals surface area contributed by atoms with Crippen molar-refractivity contribution in [2.24, 2.45) is 26.6 Å². The third kappa shape index (κ3) is 2.93. The summed E-state index contributed by atoms with van der Waals surface area (Å²) in [5, 5.41) is 3.56. The number of guanidine groups is 2. The molecule has 4 N–H and O–H groups in total. The second kappa shape index (κ2) is 5.68. The van der Waals surface area contributed by atoms with Crippen molar-refractivity contribution in [1.29, 1.82) is 0 Å². The number of aliphatic imine (C=N–C) groups is 2. The predicted molar refractivity (Wildman–Crippen MR) is 82.3 cm³/mol. The molecule has 20 heavy (non-hydrogen) atoms. The van der Waals surface area contributed by atoms with E-state index in [1.54, 1.807) is 23.1 Å². The highest BCUT2D eigenvalue weighted by Crippen LogP contribution is 2.29. The fourth-order valence-corrected chi connectivity index (χ4v) is 2.00. The molecule has 0 bridgehead atoms. The highest BCUT2D eigenvalue weighted by molar-refractivity contribution is 6.05. The van der Waals surface area contributed by atoms with Crippen LogP contribution in [0.3, 0.4) is 0 Å². The molecule has 1 aliphatic rings. The van der Waals surface area contributed by atoms with Gasteiger partial charge in [-0.15, -0.1) is 12.4 Å². The third-order valence-electron chi connectivity index (χ3n) is 2.64. The Morgan fingerprint density at radius 1 is 1.35 bits per heavy atom. The van der Waals surface area contributed by atoms with Gasteiger partial charge in [0, 0.05) is 16.3 Å². The normalized spacial score (nSPS) is 16.4. The number of nitrogens with two attached hydrogens (primary N) is 2. The van der Waals surface area contributed by atoms with E-state index in [1.807, 2.05) is 19.9 Å². The van der Waals surface area contributed by atoms with Gasteiger partial charge in [0.05, 0.1) is 0 Å². The Labute approximate surface area is 122 Å². The Kier molecular flexibility index (Phi) is 4.44. The van der Waals surface area contributed by atoms with Crippen molar-refractivity contribution in [2.75, 3.05) is 4.90 Å². The molecule has 0 atom stereocenters. The van der Waals surface area contributed by atoms with E-state index in [1.165, 1.54) is 0 Å².